The predicted octanol–water partition coefficient (Wildman–Crippen LogP) is 3.56. The van der Waals surface area contributed by atoms with Gasteiger partial charge in [0, 0.05) is 24.7 Å². The lowest BCUT2D eigenvalue weighted by Crippen LogP contribution is -2.46. The van der Waals surface area contributed by atoms with E-state index in [-0.39, 0.29) is 16.9 Å². The zero-order valence-electron chi connectivity index (χ0n) is 16.7. The highest BCUT2D eigenvalue weighted by Crippen LogP contribution is 2.34. The third kappa shape index (κ3) is 3.91. The van der Waals surface area contributed by atoms with Crippen LogP contribution < -0.4 is 5.32 Å². The van der Waals surface area contributed by atoms with Crippen LogP contribution >= 0.6 is 11.3 Å². The summed E-state index contributed by atoms with van der Waals surface area (Å²) in [5.41, 5.74) is 1.97. The van der Waals surface area contributed by atoms with Crippen LogP contribution in [0.2, 0.25) is 0 Å². The number of rotatable bonds is 3. The number of aryl methyl sites for hydroxylation is 1. The molecule has 3 heterocycles. The SMILES string of the molecule is CC1=C(c2ccc(F)cc2)S(=O)(=O)N=C1N1CCC(NC(=O)c2sccc2C)CC1. The third-order valence-electron chi connectivity index (χ3n) is 5.45. The van der Waals surface area contributed by atoms with Crippen LogP contribution in [0.25, 0.3) is 4.91 Å². The molecule has 30 heavy (non-hydrogen) atoms. The summed E-state index contributed by atoms with van der Waals surface area (Å²) in [5, 5.41) is 4.98. The van der Waals surface area contributed by atoms with Crippen molar-refractivity contribution >= 4 is 38.0 Å². The van der Waals surface area contributed by atoms with Crippen molar-refractivity contribution in [1.82, 2.24) is 10.2 Å². The van der Waals surface area contributed by atoms with E-state index in [9.17, 15) is 17.6 Å². The zero-order valence-corrected chi connectivity index (χ0v) is 18.3. The van der Waals surface area contributed by atoms with E-state index in [2.05, 4.69) is 9.71 Å². The average Bonchev–Trinajstić information content (AvgIpc) is 3.24. The minimum Gasteiger partial charge on any atom is -0.356 e. The van der Waals surface area contributed by atoms with Gasteiger partial charge in [-0.05, 0) is 61.4 Å². The number of amidine groups is 1. The first-order valence-corrected chi connectivity index (χ1v) is 12.0. The van der Waals surface area contributed by atoms with Crippen molar-refractivity contribution in [2.75, 3.05) is 13.1 Å². The van der Waals surface area contributed by atoms with Crippen LogP contribution in [0.4, 0.5) is 4.39 Å². The average molecular weight is 448 g/mol. The third-order valence-corrected chi connectivity index (χ3v) is 7.93. The van der Waals surface area contributed by atoms with Gasteiger partial charge in [-0.1, -0.05) is 12.1 Å². The molecule has 0 bridgehead atoms. The number of nitrogens with one attached hydrogen (secondary N) is 1. The second-order valence-corrected chi connectivity index (χ2v) is 9.98. The van der Waals surface area contributed by atoms with Gasteiger partial charge >= 0.3 is 0 Å². The number of halogens is 1. The highest BCUT2D eigenvalue weighted by molar-refractivity contribution is 8.00. The first kappa shape index (κ1) is 20.7. The van der Waals surface area contributed by atoms with Crippen molar-refractivity contribution < 1.29 is 17.6 Å². The molecule has 1 saturated heterocycles. The van der Waals surface area contributed by atoms with E-state index in [0.29, 0.717) is 42.9 Å². The van der Waals surface area contributed by atoms with Gasteiger partial charge in [-0.25, -0.2) is 4.39 Å². The molecule has 2 aliphatic rings. The molecule has 0 saturated carbocycles. The lowest BCUT2D eigenvalue weighted by molar-refractivity contribution is 0.0926. The Hall–Kier alpha value is -2.52. The van der Waals surface area contributed by atoms with Crippen LogP contribution in [0.15, 0.2) is 45.7 Å². The van der Waals surface area contributed by atoms with Gasteiger partial charge in [0.1, 0.15) is 16.6 Å². The van der Waals surface area contributed by atoms with Crippen molar-refractivity contribution in [2.45, 2.75) is 32.7 Å². The fourth-order valence-corrected chi connectivity index (χ4v) is 6.19. The van der Waals surface area contributed by atoms with Crippen molar-refractivity contribution in [1.29, 1.82) is 0 Å². The maximum atomic E-state index is 13.2. The summed E-state index contributed by atoms with van der Waals surface area (Å²) in [6.07, 6.45) is 1.41. The summed E-state index contributed by atoms with van der Waals surface area (Å²) < 4.78 is 42.6. The van der Waals surface area contributed by atoms with Crippen LogP contribution in [0.3, 0.4) is 0 Å². The fourth-order valence-electron chi connectivity index (χ4n) is 3.88. The van der Waals surface area contributed by atoms with E-state index in [1.165, 1.54) is 35.6 Å². The molecular formula is C21H22FN3O3S2. The summed E-state index contributed by atoms with van der Waals surface area (Å²) in [6.45, 7) is 4.84. The minimum absolute atomic E-state index is 0.0368. The summed E-state index contributed by atoms with van der Waals surface area (Å²) in [5.74, 6) is -0.0417. The summed E-state index contributed by atoms with van der Waals surface area (Å²) in [7, 11) is -3.83. The lowest BCUT2D eigenvalue weighted by Gasteiger charge is -2.33. The molecule has 2 aliphatic heterocycles. The molecule has 1 aromatic heterocycles. The molecule has 158 valence electrons. The van der Waals surface area contributed by atoms with Crippen LogP contribution in [-0.4, -0.2) is 44.2 Å². The lowest BCUT2D eigenvalue weighted by atomic mass is 10.0. The van der Waals surface area contributed by atoms with E-state index in [0.717, 1.165) is 10.4 Å². The number of sulfonamides is 1. The highest BCUT2D eigenvalue weighted by atomic mass is 32.2. The standard InChI is InChI=1S/C21H22FN3O3S2/c1-13-9-12-29-18(13)21(26)23-17-7-10-25(11-8-17)20-14(2)19(30(27,28)24-20)15-3-5-16(22)6-4-15/h3-6,9,12,17H,7-8,10-11H2,1-2H3,(H,23,26). The van der Waals surface area contributed by atoms with Gasteiger partial charge in [0.2, 0.25) is 0 Å². The Morgan fingerprint density at radius 3 is 2.43 bits per heavy atom. The van der Waals surface area contributed by atoms with Gasteiger partial charge in [0.15, 0.2) is 0 Å². The number of carbonyl (C=O) groups excluding carboxylic acids is 1. The summed E-state index contributed by atoms with van der Waals surface area (Å²) in [6, 6.07) is 7.36. The maximum Gasteiger partial charge on any atom is 0.285 e. The quantitative estimate of drug-likeness (QED) is 0.780. The van der Waals surface area contributed by atoms with Crippen LogP contribution in [0.5, 0.6) is 0 Å². The van der Waals surface area contributed by atoms with E-state index >= 15 is 0 Å². The zero-order chi connectivity index (χ0) is 21.5. The van der Waals surface area contributed by atoms with Crippen LogP contribution in [0.1, 0.15) is 40.6 Å². The molecular weight excluding hydrogens is 425 g/mol. The van der Waals surface area contributed by atoms with E-state index < -0.39 is 15.8 Å². The minimum atomic E-state index is -3.83. The van der Waals surface area contributed by atoms with Gasteiger partial charge in [-0.15, -0.1) is 15.7 Å². The Bertz CT molecular complexity index is 1140. The topological polar surface area (TPSA) is 78.8 Å². The molecule has 1 fully saturated rings. The monoisotopic (exact) mass is 447 g/mol. The number of hydrogen-bond acceptors (Lipinski definition) is 5. The molecule has 1 amide bonds. The van der Waals surface area contributed by atoms with E-state index in [1.54, 1.807) is 6.92 Å². The Morgan fingerprint density at radius 2 is 1.83 bits per heavy atom. The number of likely N-dealkylation sites (tertiary alicyclic amines) is 1. The smallest absolute Gasteiger partial charge is 0.285 e. The van der Waals surface area contributed by atoms with Crippen LogP contribution in [0, 0.1) is 12.7 Å². The molecule has 0 atom stereocenters. The number of hydrogen-bond donors (Lipinski definition) is 1. The van der Waals surface area contributed by atoms with E-state index in [1.807, 2.05) is 23.3 Å². The van der Waals surface area contributed by atoms with Crippen molar-refractivity contribution in [3.8, 4) is 0 Å². The first-order chi connectivity index (χ1) is 14.3. The van der Waals surface area contributed by atoms with Gasteiger partial charge in [-0.3, -0.25) is 4.79 Å². The molecule has 0 radical (unpaired) electrons. The summed E-state index contributed by atoms with van der Waals surface area (Å²) >= 11 is 1.43. The van der Waals surface area contributed by atoms with Crippen LogP contribution in [-0.2, 0) is 10.0 Å². The fraction of sp³-hybridized carbons (Fsp3) is 0.333. The van der Waals surface area contributed by atoms with Gasteiger partial charge in [0.05, 0.1) is 4.88 Å². The molecule has 9 heteroatoms. The number of benzene rings is 1. The number of amides is 1. The maximum absolute atomic E-state index is 13.2. The molecule has 2 aromatic rings. The Balaban J connectivity index is 1.46. The molecule has 4 rings (SSSR count). The summed E-state index contributed by atoms with van der Waals surface area (Å²) in [4.78, 5) is 15.2. The number of carbonyl (C=O) groups is 1. The highest BCUT2D eigenvalue weighted by Gasteiger charge is 2.35. The largest absolute Gasteiger partial charge is 0.356 e. The molecule has 0 aliphatic carbocycles. The predicted molar refractivity (Wildman–Crippen MR) is 116 cm³/mol. The Morgan fingerprint density at radius 1 is 1.17 bits per heavy atom. The number of nitrogens with zero attached hydrogens (tertiary/aromatic N) is 2. The molecule has 6 nitrogen and oxygen atoms in total. The molecule has 1 aromatic carbocycles. The Kier molecular flexibility index (Phi) is 5.50. The van der Waals surface area contributed by atoms with Gasteiger partial charge in [0.25, 0.3) is 15.9 Å². The molecule has 0 spiro atoms. The normalized spacial score (nSPS) is 19.2. The second kappa shape index (κ2) is 7.96. The van der Waals surface area contributed by atoms with Gasteiger partial charge < -0.3 is 10.2 Å². The van der Waals surface area contributed by atoms with Crippen molar-refractivity contribution in [3.63, 3.8) is 0 Å². The molecule has 1 N–H and O–H groups in total. The number of thiophene rings is 1. The first-order valence-electron chi connectivity index (χ1n) is 9.68. The van der Waals surface area contributed by atoms with Gasteiger partial charge in [-0.2, -0.15) is 8.42 Å². The van der Waals surface area contributed by atoms with Crippen molar-refractivity contribution in [3.05, 3.63) is 63.1 Å². The Labute approximate surface area is 179 Å². The second-order valence-electron chi connectivity index (χ2n) is 7.52. The molecule has 0 unspecified atom stereocenters. The number of piperidine rings is 1. The van der Waals surface area contributed by atoms with Crippen molar-refractivity contribution in [2.24, 2.45) is 4.40 Å². The van der Waals surface area contributed by atoms with E-state index in [4.69, 9.17) is 0 Å².